The second kappa shape index (κ2) is 9.84. The van der Waals surface area contributed by atoms with Crippen LogP contribution in [0.4, 0.5) is 0 Å². The summed E-state index contributed by atoms with van der Waals surface area (Å²) in [6, 6.07) is 0. The van der Waals surface area contributed by atoms with Crippen molar-refractivity contribution in [2.45, 2.75) is 5.79 Å². The molecule has 0 heterocycles. The van der Waals surface area contributed by atoms with Gasteiger partial charge in [0.25, 0.3) is 0 Å². The zero-order valence-electron chi connectivity index (χ0n) is 2.65. The molecule has 0 aromatic carbocycles. The van der Waals surface area contributed by atoms with Crippen LogP contribution in [-0.2, 0) is 0 Å². The smallest absolute Gasteiger partial charge is 0.313 e. The predicted molar refractivity (Wildman–Crippen MR) is 19.4 cm³/mol. The molecule has 0 aromatic heterocycles. The van der Waals surface area contributed by atoms with Crippen molar-refractivity contribution < 1.29 is 5.48 Å². The van der Waals surface area contributed by atoms with Crippen LogP contribution in [0.2, 0.25) is 5.79 Å². The molecule has 0 rings (SSSR count). The molecule has 0 aliphatic heterocycles. The van der Waals surface area contributed by atoms with Crippen LogP contribution in [0.5, 0.6) is 0 Å². The molecule has 0 atom stereocenters. The van der Waals surface area contributed by atoms with Gasteiger partial charge in [-0.1, -0.05) is 5.79 Å². The summed E-state index contributed by atoms with van der Waals surface area (Å²) >= 11 is 0.250. The third-order valence-corrected chi connectivity index (χ3v) is 0. The molecule has 1 radical (unpaired) electrons. The molecule has 0 aromatic rings. The summed E-state index contributed by atoms with van der Waals surface area (Å²) in [6.45, 7) is 0. The molecule has 0 fully saturated rings. The Hall–Kier alpha value is 0.452. The maximum absolute atomic E-state index is 4.93. The molecule has 0 spiro atoms. The lowest BCUT2D eigenvalue weighted by Crippen LogP contribution is -1.94. The zero-order chi connectivity index (χ0) is 2.71. The van der Waals surface area contributed by atoms with Crippen molar-refractivity contribution in [3.63, 3.8) is 0 Å². The lowest BCUT2D eigenvalue weighted by molar-refractivity contribution is 0.824. The fraction of sp³-hybridized carbons (Fsp3) is 1.00. The van der Waals surface area contributed by atoms with Gasteiger partial charge in [-0.2, -0.15) is 0 Å². The summed E-state index contributed by atoms with van der Waals surface area (Å²) in [7, 11) is 0. The summed E-state index contributed by atoms with van der Waals surface area (Å²) in [5.41, 5.74) is 0. The van der Waals surface area contributed by atoms with Crippen LogP contribution in [0, 0.1) is 0 Å². The first kappa shape index (κ1) is 8.82. The summed E-state index contributed by atoms with van der Waals surface area (Å²) < 4.78 is 4.93. The van der Waals surface area contributed by atoms with E-state index in [1.807, 2.05) is 5.79 Å². The quantitative estimate of drug-likeness (QED) is 0.361. The van der Waals surface area contributed by atoms with Crippen molar-refractivity contribution in [3.05, 3.63) is 0 Å². The van der Waals surface area contributed by atoms with Gasteiger partial charge in [0, 0.05) is 0 Å². The molecule has 0 saturated carbocycles. The Labute approximate surface area is 32.2 Å². The molecule has 0 aliphatic rings. The van der Waals surface area contributed by atoms with Crippen molar-refractivity contribution in [1.29, 1.82) is 0 Å². The number of hydrogen-bond donors (Lipinski definition) is 1. The van der Waals surface area contributed by atoms with Crippen molar-refractivity contribution in [2.24, 2.45) is 4.72 Å². The normalized spacial score (nSPS) is 3.50. The molecule has 4 heavy (non-hydrogen) atoms. The van der Waals surface area contributed by atoms with Gasteiger partial charge >= 0.3 is 15.4 Å². The Morgan fingerprint density at radius 1 is 1.75 bits per heavy atom. The SMILES string of the molecule is O.[CH3][Al][NH2]. The Balaban J connectivity index is 0. The van der Waals surface area contributed by atoms with Crippen molar-refractivity contribution >= 4 is 15.4 Å². The van der Waals surface area contributed by atoms with Gasteiger partial charge in [0.05, 0.1) is 0 Å². The van der Waals surface area contributed by atoms with E-state index in [-0.39, 0.29) is 20.9 Å². The Morgan fingerprint density at radius 3 is 1.75 bits per heavy atom. The zero-order valence-corrected chi connectivity index (χ0v) is 3.81. The molecule has 25 valence electrons. The molecule has 2 nitrogen and oxygen atoms in total. The molecule has 3 heteroatoms. The first-order valence-electron chi connectivity index (χ1n) is 0.911. The largest absolute Gasteiger partial charge is 0.420 e. The minimum atomic E-state index is 0. The summed E-state index contributed by atoms with van der Waals surface area (Å²) in [4.78, 5) is 0. The summed E-state index contributed by atoms with van der Waals surface area (Å²) in [6.07, 6.45) is 0. The third kappa shape index (κ3) is 25.3. The van der Waals surface area contributed by atoms with Gasteiger partial charge in [-0.25, -0.2) is 0 Å². The third-order valence-electron chi connectivity index (χ3n) is 0. The molecule has 0 saturated heterocycles. The van der Waals surface area contributed by atoms with Gasteiger partial charge in [-0.05, 0) is 0 Å². The van der Waals surface area contributed by atoms with E-state index in [4.69, 9.17) is 4.72 Å². The van der Waals surface area contributed by atoms with Crippen molar-refractivity contribution in [2.75, 3.05) is 0 Å². The fourth-order valence-electron chi connectivity index (χ4n) is 0. The van der Waals surface area contributed by atoms with Crippen LogP contribution in [0.3, 0.4) is 0 Å². The van der Waals surface area contributed by atoms with Gasteiger partial charge in [0.15, 0.2) is 0 Å². The average molecular weight is 76.1 g/mol. The molecule has 0 bridgehead atoms. The first-order chi connectivity index (χ1) is 1.41. The minimum absolute atomic E-state index is 0. The van der Waals surface area contributed by atoms with Gasteiger partial charge in [0.2, 0.25) is 0 Å². The molecule has 4 N–H and O–H groups in total. The maximum Gasteiger partial charge on any atom is 0.313 e. The van der Waals surface area contributed by atoms with Crippen molar-refractivity contribution in [3.8, 4) is 0 Å². The number of nitrogens with two attached hydrogens (primary N) is 1. The molecule has 0 unspecified atom stereocenters. The lowest BCUT2D eigenvalue weighted by atomic mass is 11.9. The van der Waals surface area contributed by atoms with Crippen LogP contribution < -0.4 is 4.72 Å². The standard InChI is InChI=1S/CH3.Al.H2N.H2O/h1H3;;2*1H2/q;+1;-1;. The monoisotopic (exact) mass is 76.0 g/mol. The van der Waals surface area contributed by atoms with Crippen LogP contribution in [0.1, 0.15) is 0 Å². The molecular weight excluding hydrogens is 69.0 g/mol. The van der Waals surface area contributed by atoms with E-state index < -0.39 is 0 Å². The predicted octanol–water partition coefficient (Wildman–Crippen LogP) is -1.21. The Bertz CT molecular complexity index is 8.00. The molecule has 0 aliphatic carbocycles. The Kier molecular flexibility index (Phi) is 21.7. The number of hydrogen-bond acceptors (Lipinski definition) is 1. The summed E-state index contributed by atoms with van der Waals surface area (Å²) in [5.74, 6) is 1.99. The van der Waals surface area contributed by atoms with E-state index in [2.05, 4.69) is 0 Å². The van der Waals surface area contributed by atoms with E-state index in [0.717, 1.165) is 0 Å². The highest BCUT2D eigenvalue weighted by Gasteiger charge is 1.48. The molecular formula is CH7AlNO. The second-order valence-corrected chi connectivity index (χ2v) is 1.00. The topological polar surface area (TPSA) is 57.5 Å². The highest BCUT2D eigenvalue weighted by molar-refractivity contribution is 6.28. The van der Waals surface area contributed by atoms with Crippen LogP contribution in [0.15, 0.2) is 0 Å². The van der Waals surface area contributed by atoms with E-state index in [1.54, 1.807) is 0 Å². The minimum Gasteiger partial charge on any atom is -0.420 e. The first-order valence-corrected chi connectivity index (χ1v) is 2.73. The van der Waals surface area contributed by atoms with Gasteiger partial charge in [-0.15, -0.1) is 0 Å². The maximum atomic E-state index is 4.93. The van der Waals surface area contributed by atoms with Gasteiger partial charge < -0.3 is 10.2 Å². The van der Waals surface area contributed by atoms with Crippen LogP contribution in [-0.4, -0.2) is 20.9 Å². The second-order valence-electron chi connectivity index (χ2n) is 0.333. The average Bonchev–Trinajstić information content (AvgIpc) is 0.918. The van der Waals surface area contributed by atoms with Gasteiger partial charge in [0.1, 0.15) is 0 Å². The Morgan fingerprint density at radius 2 is 1.75 bits per heavy atom. The lowest BCUT2D eigenvalue weighted by Gasteiger charge is -1.43. The van der Waals surface area contributed by atoms with E-state index in [1.165, 1.54) is 0 Å². The van der Waals surface area contributed by atoms with E-state index >= 15 is 0 Å². The highest BCUT2D eigenvalue weighted by Crippen LogP contribution is 1.15. The van der Waals surface area contributed by atoms with E-state index in [0.29, 0.717) is 0 Å². The van der Waals surface area contributed by atoms with Gasteiger partial charge in [-0.3, -0.25) is 0 Å². The van der Waals surface area contributed by atoms with Crippen molar-refractivity contribution in [1.82, 2.24) is 0 Å². The highest BCUT2D eigenvalue weighted by atomic mass is 27.1. The van der Waals surface area contributed by atoms with E-state index in [9.17, 15) is 0 Å². The number of rotatable bonds is 0. The summed E-state index contributed by atoms with van der Waals surface area (Å²) in [5, 5.41) is 0. The fourth-order valence-corrected chi connectivity index (χ4v) is 0. The van der Waals surface area contributed by atoms with Crippen LogP contribution in [0.25, 0.3) is 0 Å². The molecule has 0 amide bonds. The van der Waals surface area contributed by atoms with Crippen LogP contribution >= 0.6 is 0 Å².